The monoisotopic (exact) mass is 397 g/mol. The number of nitrogens with zero attached hydrogens (tertiary/aromatic N) is 2. The molecule has 0 aliphatic carbocycles. The second-order valence-corrected chi connectivity index (χ2v) is 6.07. The van der Waals surface area contributed by atoms with Crippen LogP contribution in [0.4, 0.5) is 24.5 Å². The highest BCUT2D eigenvalue weighted by molar-refractivity contribution is 6.33. The van der Waals surface area contributed by atoms with Gasteiger partial charge in [0.1, 0.15) is 5.69 Å². The summed E-state index contributed by atoms with van der Waals surface area (Å²) in [6, 6.07) is 10.1. The average Bonchev–Trinajstić information content (AvgIpc) is 2.98. The Bertz CT molecular complexity index is 1140. The van der Waals surface area contributed by atoms with E-state index in [0.29, 0.717) is 6.07 Å². The minimum Gasteiger partial charge on any atom is -0.322 e. The van der Waals surface area contributed by atoms with Gasteiger partial charge in [0.25, 0.3) is 17.7 Å². The van der Waals surface area contributed by atoms with E-state index in [4.69, 9.17) is 0 Å². The minimum atomic E-state index is -1.74. The summed E-state index contributed by atoms with van der Waals surface area (Å²) in [6.45, 7) is 0. The van der Waals surface area contributed by atoms with E-state index in [0.717, 1.165) is 11.0 Å². The Labute approximate surface area is 161 Å². The smallest absolute Gasteiger partial charge is 0.284 e. The third-order valence-corrected chi connectivity index (χ3v) is 4.31. The van der Waals surface area contributed by atoms with E-state index in [1.54, 1.807) is 6.07 Å². The van der Waals surface area contributed by atoms with Crippen LogP contribution in [-0.4, -0.2) is 22.7 Å². The molecular weight excluding hydrogens is 387 g/mol. The number of halogens is 3. The van der Waals surface area contributed by atoms with Crippen molar-refractivity contribution in [2.45, 2.75) is 0 Å². The number of carbonyl (C=O) groups excluding carboxylic acids is 3. The fraction of sp³-hybridized carbons (Fsp3) is 0. The van der Waals surface area contributed by atoms with Crippen LogP contribution in [0.2, 0.25) is 0 Å². The van der Waals surface area contributed by atoms with Gasteiger partial charge in [0.15, 0.2) is 17.5 Å². The van der Waals surface area contributed by atoms with Gasteiger partial charge >= 0.3 is 0 Å². The number of aromatic nitrogens is 1. The first kappa shape index (κ1) is 18.4. The van der Waals surface area contributed by atoms with Crippen LogP contribution in [0.5, 0.6) is 0 Å². The van der Waals surface area contributed by atoms with Crippen LogP contribution in [0.15, 0.2) is 54.7 Å². The van der Waals surface area contributed by atoms with E-state index < -0.39 is 40.7 Å². The predicted octanol–water partition coefficient (Wildman–Crippen LogP) is 3.55. The first-order chi connectivity index (χ1) is 13.9. The second-order valence-electron chi connectivity index (χ2n) is 6.07. The number of hydrogen-bond donors (Lipinski definition) is 1. The number of hydrogen-bond acceptors (Lipinski definition) is 4. The number of rotatable bonds is 3. The molecule has 9 heteroatoms. The summed E-state index contributed by atoms with van der Waals surface area (Å²) < 4.78 is 40.0. The Morgan fingerprint density at radius 1 is 0.897 bits per heavy atom. The molecule has 6 nitrogen and oxygen atoms in total. The van der Waals surface area contributed by atoms with Gasteiger partial charge in [-0.3, -0.25) is 19.4 Å². The number of carbonyl (C=O) groups is 3. The van der Waals surface area contributed by atoms with Crippen molar-refractivity contribution in [3.8, 4) is 0 Å². The van der Waals surface area contributed by atoms with Crippen LogP contribution < -0.4 is 10.2 Å². The second kappa shape index (κ2) is 6.86. The summed E-state index contributed by atoms with van der Waals surface area (Å²) >= 11 is 0. The van der Waals surface area contributed by atoms with Crippen molar-refractivity contribution in [3.05, 3.63) is 89.0 Å². The number of imide groups is 1. The van der Waals surface area contributed by atoms with E-state index in [2.05, 4.69) is 10.3 Å². The van der Waals surface area contributed by atoms with Crippen molar-refractivity contribution < 1.29 is 27.6 Å². The predicted molar refractivity (Wildman–Crippen MR) is 96.1 cm³/mol. The molecule has 0 saturated heterocycles. The maximum atomic E-state index is 13.7. The van der Waals surface area contributed by atoms with Crippen LogP contribution >= 0.6 is 0 Å². The van der Waals surface area contributed by atoms with Crippen LogP contribution in [0.1, 0.15) is 31.2 Å². The highest BCUT2D eigenvalue weighted by atomic mass is 19.2. The van der Waals surface area contributed by atoms with E-state index in [1.165, 1.54) is 36.5 Å². The van der Waals surface area contributed by atoms with Crippen molar-refractivity contribution in [3.63, 3.8) is 0 Å². The van der Waals surface area contributed by atoms with Gasteiger partial charge in [-0.05, 0) is 48.5 Å². The molecule has 1 aromatic heterocycles. The first-order valence-corrected chi connectivity index (χ1v) is 8.27. The van der Waals surface area contributed by atoms with Gasteiger partial charge in [-0.15, -0.1) is 0 Å². The maximum absolute atomic E-state index is 13.7. The fourth-order valence-electron chi connectivity index (χ4n) is 2.89. The SMILES string of the molecule is O=C(Nc1ccc(N2C(=O)c3cccnc3C2=O)cc1)c1ccc(F)c(F)c1F. The van der Waals surface area contributed by atoms with Crippen molar-refractivity contribution in [1.82, 2.24) is 4.98 Å². The zero-order valence-corrected chi connectivity index (χ0v) is 14.4. The average molecular weight is 397 g/mol. The molecule has 1 aliphatic heterocycles. The molecule has 2 aromatic carbocycles. The summed E-state index contributed by atoms with van der Waals surface area (Å²) in [4.78, 5) is 41.8. The Balaban J connectivity index is 1.55. The highest BCUT2D eigenvalue weighted by Gasteiger charge is 2.37. The van der Waals surface area contributed by atoms with Crippen LogP contribution in [0, 0.1) is 17.5 Å². The molecule has 1 N–H and O–H groups in total. The minimum absolute atomic E-state index is 0.0451. The van der Waals surface area contributed by atoms with E-state index in [9.17, 15) is 27.6 Å². The van der Waals surface area contributed by atoms with Crippen LogP contribution in [0.3, 0.4) is 0 Å². The van der Waals surface area contributed by atoms with Crippen molar-refractivity contribution >= 4 is 29.1 Å². The molecule has 29 heavy (non-hydrogen) atoms. The largest absolute Gasteiger partial charge is 0.322 e. The summed E-state index contributed by atoms with van der Waals surface area (Å²) in [5, 5.41) is 2.33. The lowest BCUT2D eigenvalue weighted by molar-refractivity contribution is 0.0923. The number of anilines is 2. The number of nitrogens with one attached hydrogen (secondary N) is 1. The third kappa shape index (κ3) is 3.02. The third-order valence-electron chi connectivity index (χ3n) is 4.31. The highest BCUT2D eigenvalue weighted by Crippen LogP contribution is 2.28. The topological polar surface area (TPSA) is 79.4 Å². The lowest BCUT2D eigenvalue weighted by atomic mass is 10.1. The Kier molecular flexibility index (Phi) is 4.34. The van der Waals surface area contributed by atoms with E-state index in [-0.39, 0.29) is 22.6 Å². The Morgan fingerprint density at radius 3 is 2.31 bits per heavy atom. The van der Waals surface area contributed by atoms with Gasteiger partial charge < -0.3 is 5.32 Å². The lowest BCUT2D eigenvalue weighted by Gasteiger charge is -2.14. The maximum Gasteiger partial charge on any atom is 0.284 e. The molecule has 0 unspecified atom stereocenters. The zero-order valence-electron chi connectivity index (χ0n) is 14.4. The fourth-order valence-corrected chi connectivity index (χ4v) is 2.89. The molecule has 0 fully saturated rings. The van der Waals surface area contributed by atoms with Crippen molar-refractivity contribution in [2.75, 3.05) is 10.2 Å². The molecule has 0 bridgehead atoms. The van der Waals surface area contributed by atoms with Gasteiger partial charge in [0.2, 0.25) is 0 Å². The summed E-state index contributed by atoms with van der Waals surface area (Å²) in [5.41, 5.74) is -0.000552. The first-order valence-electron chi connectivity index (χ1n) is 8.27. The molecule has 3 aromatic rings. The summed E-state index contributed by atoms with van der Waals surface area (Å²) in [7, 11) is 0. The standard InChI is InChI=1S/C20H10F3N3O3/c21-14-8-7-12(15(22)16(14)23)18(27)25-10-3-5-11(6-4-10)26-19(28)13-2-1-9-24-17(13)20(26)29/h1-9H,(H,25,27). The summed E-state index contributed by atoms with van der Waals surface area (Å²) in [5.74, 6) is -6.84. The number of pyridine rings is 1. The summed E-state index contributed by atoms with van der Waals surface area (Å²) in [6.07, 6.45) is 1.41. The van der Waals surface area contributed by atoms with Crippen molar-refractivity contribution in [1.29, 1.82) is 0 Å². The molecule has 2 heterocycles. The molecule has 144 valence electrons. The molecule has 1 aliphatic rings. The number of fused-ring (bicyclic) bond motifs is 1. The molecule has 0 spiro atoms. The quantitative estimate of drug-likeness (QED) is 0.542. The molecule has 0 saturated carbocycles. The van der Waals surface area contributed by atoms with Crippen LogP contribution in [-0.2, 0) is 0 Å². The van der Waals surface area contributed by atoms with Gasteiger partial charge in [-0.2, -0.15) is 0 Å². The lowest BCUT2D eigenvalue weighted by Crippen LogP contribution is -2.29. The Hall–Kier alpha value is -4.01. The van der Waals surface area contributed by atoms with Gasteiger partial charge in [0, 0.05) is 11.9 Å². The van der Waals surface area contributed by atoms with Gasteiger partial charge in [-0.25, -0.2) is 18.1 Å². The molecule has 3 amide bonds. The molecule has 4 rings (SSSR count). The number of amides is 3. The zero-order chi connectivity index (χ0) is 20.7. The van der Waals surface area contributed by atoms with Gasteiger partial charge in [0.05, 0.1) is 16.8 Å². The molecular formula is C20H10F3N3O3. The van der Waals surface area contributed by atoms with E-state index in [1.807, 2.05) is 0 Å². The van der Waals surface area contributed by atoms with Gasteiger partial charge in [-0.1, -0.05) is 0 Å². The van der Waals surface area contributed by atoms with Crippen LogP contribution in [0.25, 0.3) is 0 Å². The number of benzene rings is 2. The normalized spacial score (nSPS) is 12.9. The van der Waals surface area contributed by atoms with E-state index >= 15 is 0 Å². The Morgan fingerprint density at radius 2 is 1.62 bits per heavy atom. The van der Waals surface area contributed by atoms with Crippen molar-refractivity contribution in [2.24, 2.45) is 0 Å². The molecule has 0 radical (unpaired) electrons. The molecule has 0 atom stereocenters.